The first kappa shape index (κ1) is 24.4. The van der Waals surface area contributed by atoms with Gasteiger partial charge in [0.25, 0.3) is 5.91 Å². The van der Waals surface area contributed by atoms with E-state index in [4.69, 9.17) is 0 Å². The van der Waals surface area contributed by atoms with Crippen LogP contribution in [0.3, 0.4) is 0 Å². The highest BCUT2D eigenvalue weighted by Crippen LogP contribution is 2.22. The Morgan fingerprint density at radius 3 is 2.32 bits per heavy atom. The molecule has 3 N–H and O–H groups in total. The van der Waals surface area contributed by atoms with Crippen molar-refractivity contribution in [2.75, 3.05) is 18.9 Å². The lowest BCUT2D eigenvalue weighted by atomic mass is 10.1. The third-order valence-electron chi connectivity index (χ3n) is 5.40. The number of nitrogens with zero attached hydrogens (tertiary/aromatic N) is 1. The van der Waals surface area contributed by atoms with Crippen LogP contribution in [-0.4, -0.2) is 36.3 Å². The molecule has 8 heteroatoms. The number of hydrogen-bond acceptors (Lipinski definition) is 3. The fraction of sp³-hybridized carbons (Fsp3) is 0.192. The van der Waals surface area contributed by atoms with Gasteiger partial charge in [0.15, 0.2) is 0 Å². The van der Waals surface area contributed by atoms with Crippen LogP contribution in [0.15, 0.2) is 78.9 Å². The molecular formula is C26H27FN4O3. The first-order chi connectivity index (χ1) is 16.3. The number of urea groups is 1. The Bertz CT molecular complexity index is 1140. The summed E-state index contributed by atoms with van der Waals surface area (Å²) in [5, 5.41) is 8.03. The number of anilines is 1. The van der Waals surface area contributed by atoms with Crippen molar-refractivity contribution in [3.8, 4) is 0 Å². The monoisotopic (exact) mass is 462 g/mol. The van der Waals surface area contributed by atoms with Gasteiger partial charge >= 0.3 is 6.03 Å². The number of rotatable bonds is 8. The van der Waals surface area contributed by atoms with Gasteiger partial charge in [0.1, 0.15) is 5.82 Å². The summed E-state index contributed by atoms with van der Waals surface area (Å²) in [6, 6.07) is 21.2. The molecule has 176 valence electrons. The van der Waals surface area contributed by atoms with Crippen molar-refractivity contribution in [1.82, 2.24) is 15.5 Å². The lowest BCUT2D eigenvalue weighted by Crippen LogP contribution is -2.43. The third kappa shape index (κ3) is 6.90. The average Bonchev–Trinajstić information content (AvgIpc) is 2.86. The van der Waals surface area contributed by atoms with Gasteiger partial charge in [-0.05, 0) is 54.4 Å². The number of benzene rings is 3. The summed E-state index contributed by atoms with van der Waals surface area (Å²) < 4.78 is 12.9. The fourth-order valence-electron chi connectivity index (χ4n) is 3.24. The van der Waals surface area contributed by atoms with E-state index in [-0.39, 0.29) is 36.8 Å². The molecule has 3 aromatic rings. The molecule has 0 saturated carbocycles. The highest BCUT2D eigenvalue weighted by Gasteiger charge is 2.18. The zero-order chi connectivity index (χ0) is 24.5. The zero-order valence-corrected chi connectivity index (χ0v) is 19.0. The SMILES string of the molecule is CC(c1cccc(NC(=O)c2ccccc2)c1)N(C)C(=O)CNC(=O)NCc1ccc(F)cc1. The van der Waals surface area contributed by atoms with Gasteiger partial charge in [-0.3, -0.25) is 9.59 Å². The summed E-state index contributed by atoms with van der Waals surface area (Å²) in [4.78, 5) is 38.5. The molecule has 0 radical (unpaired) electrons. The van der Waals surface area contributed by atoms with Gasteiger partial charge in [-0.2, -0.15) is 0 Å². The number of amides is 4. The Morgan fingerprint density at radius 1 is 0.912 bits per heavy atom. The normalized spacial score (nSPS) is 11.3. The Kier molecular flexibility index (Phi) is 8.34. The Labute approximate surface area is 198 Å². The second-order valence-corrected chi connectivity index (χ2v) is 7.79. The summed E-state index contributed by atoms with van der Waals surface area (Å²) >= 11 is 0. The van der Waals surface area contributed by atoms with Crippen LogP contribution in [0.1, 0.15) is 34.5 Å². The van der Waals surface area contributed by atoms with Gasteiger partial charge in [0.2, 0.25) is 5.91 Å². The summed E-state index contributed by atoms with van der Waals surface area (Å²) in [6.45, 7) is 1.90. The number of likely N-dealkylation sites (N-methyl/N-ethyl adjacent to an activating group) is 1. The van der Waals surface area contributed by atoms with Gasteiger partial charge in [-0.1, -0.05) is 42.5 Å². The van der Waals surface area contributed by atoms with E-state index in [1.807, 2.05) is 31.2 Å². The van der Waals surface area contributed by atoms with Gasteiger partial charge in [-0.25, -0.2) is 9.18 Å². The molecule has 34 heavy (non-hydrogen) atoms. The number of carbonyl (C=O) groups excluding carboxylic acids is 3. The van der Waals surface area contributed by atoms with Gasteiger partial charge in [0, 0.05) is 24.8 Å². The van der Waals surface area contributed by atoms with Crippen LogP contribution >= 0.6 is 0 Å². The molecule has 0 aromatic heterocycles. The van der Waals surface area contributed by atoms with Crippen molar-refractivity contribution in [3.05, 3.63) is 101 Å². The third-order valence-corrected chi connectivity index (χ3v) is 5.40. The minimum absolute atomic E-state index is 0.180. The molecule has 0 bridgehead atoms. The van der Waals surface area contributed by atoms with Crippen molar-refractivity contribution < 1.29 is 18.8 Å². The van der Waals surface area contributed by atoms with E-state index in [1.165, 1.54) is 17.0 Å². The maximum Gasteiger partial charge on any atom is 0.315 e. The van der Waals surface area contributed by atoms with Crippen molar-refractivity contribution in [3.63, 3.8) is 0 Å². The van der Waals surface area contributed by atoms with Crippen molar-refractivity contribution in [2.45, 2.75) is 19.5 Å². The van der Waals surface area contributed by atoms with Crippen molar-refractivity contribution in [1.29, 1.82) is 0 Å². The summed E-state index contributed by atoms with van der Waals surface area (Å²) in [6.07, 6.45) is 0. The lowest BCUT2D eigenvalue weighted by molar-refractivity contribution is -0.130. The maximum absolute atomic E-state index is 12.9. The molecule has 7 nitrogen and oxygen atoms in total. The summed E-state index contributed by atoms with van der Waals surface area (Å²) in [5.41, 5.74) is 2.75. The maximum atomic E-state index is 12.9. The molecule has 0 saturated heterocycles. The summed E-state index contributed by atoms with van der Waals surface area (Å²) in [7, 11) is 1.65. The molecule has 0 spiro atoms. The quantitative estimate of drug-likeness (QED) is 0.471. The van der Waals surface area contributed by atoms with Crippen LogP contribution in [0.2, 0.25) is 0 Å². The number of hydrogen-bond donors (Lipinski definition) is 3. The van der Waals surface area contributed by atoms with Crippen LogP contribution in [0.25, 0.3) is 0 Å². The van der Waals surface area contributed by atoms with E-state index < -0.39 is 6.03 Å². The van der Waals surface area contributed by atoms with Crippen LogP contribution in [0.4, 0.5) is 14.9 Å². The zero-order valence-electron chi connectivity index (χ0n) is 19.0. The van der Waals surface area contributed by atoms with Gasteiger partial charge in [0.05, 0.1) is 12.6 Å². The minimum atomic E-state index is -0.496. The highest BCUT2D eigenvalue weighted by atomic mass is 19.1. The Hall–Kier alpha value is -4.20. The van der Waals surface area contributed by atoms with E-state index in [0.717, 1.165) is 11.1 Å². The molecule has 0 aliphatic carbocycles. The summed E-state index contributed by atoms with van der Waals surface area (Å²) in [5.74, 6) is -0.839. The van der Waals surface area contributed by atoms with E-state index in [2.05, 4.69) is 16.0 Å². The van der Waals surface area contributed by atoms with E-state index in [9.17, 15) is 18.8 Å². The molecule has 1 unspecified atom stereocenters. The lowest BCUT2D eigenvalue weighted by Gasteiger charge is -2.26. The number of halogens is 1. The number of nitrogens with one attached hydrogen (secondary N) is 3. The highest BCUT2D eigenvalue weighted by molar-refractivity contribution is 6.04. The van der Waals surface area contributed by atoms with Crippen LogP contribution in [0.5, 0.6) is 0 Å². The topological polar surface area (TPSA) is 90.5 Å². The van der Waals surface area contributed by atoms with E-state index in [0.29, 0.717) is 11.3 Å². The molecule has 3 aromatic carbocycles. The molecular weight excluding hydrogens is 435 g/mol. The smallest absolute Gasteiger partial charge is 0.315 e. The predicted molar refractivity (Wildman–Crippen MR) is 129 cm³/mol. The molecule has 0 fully saturated rings. The second kappa shape index (κ2) is 11.6. The molecule has 0 heterocycles. The predicted octanol–water partition coefficient (Wildman–Crippen LogP) is 4.10. The van der Waals surface area contributed by atoms with Gasteiger partial charge < -0.3 is 20.9 Å². The number of carbonyl (C=O) groups is 3. The van der Waals surface area contributed by atoms with Crippen LogP contribution in [-0.2, 0) is 11.3 Å². The van der Waals surface area contributed by atoms with E-state index >= 15 is 0 Å². The fourth-order valence-corrected chi connectivity index (χ4v) is 3.24. The van der Waals surface area contributed by atoms with Crippen LogP contribution < -0.4 is 16.0 Å². The van der Waals surface area contributed by atoms with Gasteiger partial charge in [-0.15, -0.1) is 0 Å². The van der Waals surface area contributed by atoms with Crippen molar-refractivity contribution >= 4 is 23.5 Å². The second-order valence-electron chi connectivity index (χ2n) is 7.79. The minimum Gasteiger partial charge on any atom is -0.337 e. The average molecular weight is 463 g/mol. The van der Waals surface area contributed by atoms with Crippen LogP contribution in [0, 0.1) is 5.82 Å². The largest absolute Gasteiger partial charge is 0.337 e. The first-order valence-corrected chi connectivity index (χ1v) is 10.8. The first-order valence-electron chi connectivity index (χ1n) is 10.8. The standard InChI is InChI=1S/C26H27FN4O3/c1-18(21-9-6-10-23(15-21)30-25(33)20-7-4-3-5-8-20)31(2)24(32)17-29-26(34)28-16-19-11-13-22(27)14-12-19/h3-15,18H,16-17H2,1-2H3,(H,30,33)(H2,28,29,34). The molecule has 1 atom stereocenters. The molecule has 4 amide bonds. The Balaban J connectivity index is 1.50. The van der Waals surface area contributed by atoms with Crippen molar-refractivity contribution in [2.24, 2.45) is 0 Å². The van der Waals surface area contributed by atoms with E-state index in [1.54, 1.807) is 49.5 Å². The Morgan fingerprint density at radius 2 is 1.62 bits per heavy atom. The molecule has 3 rings (SSSR count). The molecule has 0 aliphatic rings. The molecule has 0 aliphatic heterocycles.